The van der Waals surface area contributed by atoms with Crippen molar-refractivity contribution in [3.8, 4) is 5.75 Å². The first-order valence-corrected chi connectivity index (χ1v) is 9.95. The maximum Gasteiger partial charge on any atom is 0.264 e. The molecule has 0 aromatic heterocycles. The zero-order chi connectivity index (χ0) is 18.9. The van der Waals surface area contributed by atoms with Crippen LogP contribution < -0.4 is 14.4 Å². The molecule has 1 aliphatic rings. The highest BCUT2D eigenvalue weighted by atomic mass is 32.2. The normalized spacial score (nSPS) is 16.3. The van der Waals surface area contributed by atoms with E-state index in [1.54, 1.807) is 6.07 Å². The van der Waals surface area contributed by atoms with Gasteiger partial charge < -0.3 is 10.1 Å². The Labute approximate surface area is 153 Å². The maximum absolute atomic E-state index is 13.3. The predicted molar refractivity (Wildman–Crippen MR) is 101 cm³/mol. The predicted octanol–water partition coefficient (Wildman–Crippen LogP) is 3.18. The number of hydrogen-bond donors (Lipinski definition) is 1. The number of nitrogens with zero attached hydrogens (tertiary/aromatic N) is 1. The van der Waals surface area contributed by atoms with Crippen LogP contribution in [0.4, 0.5) is 11.4 Å². The van der Waals surface area contributed by atoms with Gasteiger partial charge in [-0.15, -0.1) is 0 Å². The lowest BCUT2D eigenvalue weighted by Gasteiger charge is -2.25. The molecule has 0 bridgehead atoms. The number of carbonyl (C=O) groups is 1. The fraction of sp³-hybridized carbons (Fsp3) is 0.316. The lowest BCUT2D eigenvalue weighted by Crippen LogP contribution is -2.35. The Morgan fingerprint density at radius 1 is 1.27 bits per heavy atom. The Morgan fingerprint density at radius 3 is 2.69 bits per heavy atom. The van der Waals surface area contributed by atoms with Crippen LogP contribution in [0.3, 0.4) is 0 Å². The molecule has 0 radical (unpaired) electrons. The van der Waals surface area contributed by atoms with Crippen molar-refractivity contribution in [2.24, 2.45) is 0 Å². The Morgan fingerprint density at radius 2 is 2.00 bits per heavy atom. The lowest BCUT2D eigenvalue weighted by atomic mass is 10.1. The van der Waals surface area contributed by atoms with E-state index in [0.717, 1.165) is 5.56 Å². The minimum atomic E-state index is -3.76. The summed E-state index contributed by atoms with van der Waals surface area (Å²) in [6.45, 7) is 5.50. The van der Waals surface area contributed by atoms with Crippen LogP contribution in [0.2, 0.25) is 0 Å². The third-order valence-electron chi connectivity index (χ3n) is 4.26. The minimum absolute atomic E-state index is 0.119. The summed E-state index contributed by atoms with van der Waals surface area (Å²) in [7, 11) is -3.76. The van der Waals surface area contributed by atoms with Crippen molar-refractivity contribution < 1.29 is 17.9 Å². The molecule has 1 amide bonds. The van der Waals surface area contributed by atoms with Crippen LogP contribution in [0.5, 0.6) is 5.75 Å². The van der Waals surface area contributed by atoms with Crippen molar-refractivity contribution in [3.05, 3.63) is 48.0 Å². The van der Waals surface area contributed by atoms with Gasteiger partial charge in [0.25, 0.3) is 10.0 Å². The molecular formula is C19H22N2O4S. The smallest absolute Gasteiger partial charge is 0.264 e. The van der Waals surface area contributed by atoms with Gasteiger partial charge in [-0.25, -0.2) is 8.42 Å². The molecule has 138 valence electrons. The van der Waals surface area contributed by atoms with Crippen molar-refractivity contribution in [1.82, 2.24) is 0 Å². The summed E-state index contributed by atoms with van der Waals surface area (Å²) in [5.41, 5.74) is 2.06. The molecule has 6 nitrogen and oxygen atoms in total. The zero-order valence-corrected chi connectivity index (χ0v) is 15.8. The van der Waals surface area contributed by atoms with Crippen LogP contribution in [-0.2, 0) is 21.2 Å². The number of sulfonamides is 1. The molecule has 1 atom stereocenters. The molecule has 2 aromatic rings. The molecule has 2 aromatic carbocycles. The van der Waals surface area contributed by atoms with Crippen molar-refractivity contribution in [2.75, 3.05) is 16.2 Å². The van der Waals surface area contributed by atoms with E-state index in [-0.39, 0.29) is 16.8 Å². The van der Waals surface area contributed by atoms with Gasteiger partial charge in [-0.2, -0.15) is 0 Å². The van der Waals surface area contributed by atoms with Crippen LogP contribution >= 0.6 is 0 Å². The van der Waals surface area contributed by atoms with E-state index in [4.69, 9.17) is 4.74 Å². The molecule has 0 spiro atoms. The van der Waals surface area contributed by atoms with E-state index >= 15 is 0 Å². The summed E-state index contributed by atoms with van der Waals surface area (Å²) < 4.78 is 33.5. The van der Waals surface area contributed by atoms with Gasteiger partial charge in [0.15, 0.2) is 0 Å². The highest BCUT2D eigenvalue weighted by Gasteiger charge is 2.36. The number of nitrogens with one attached hydrogen (secondary N) is 1. The molecule has 3 rings (SSSR count). The number of para-hydroxylation sites is 1. The zero-order valence-electron chi connectivity index (χ0n) is 15.0. The molecule has 0 saturated heterocycles. The maximum atomic E-state index is 13.3. The van der Waals surface area contributed by atoms with Crippen molar-refractivity contribution in [2.45, 2.75) is 38.1 Å². The Kier molecular flexibility index (Phi) is 4.91. The molecule has 1 N–H and O–H groups in total. The van der Waals surface area contributed by atoms with Crippen LogP contribution in [0, 0.1) is 0 Å². The molecule has 0 fully saturated rings. The van der Waals surface area contributed by atoms with E-state index in [2.05, 4.69) is 5.32 Å². The van der Waals surface area contributed by atoms with E-state index in [1.807, 2.05) is 38.1 Å². The number of fused-ring (bicyclic) bond motifs is 1. The Bertz CT molecular complexity index is 940. The lowest BCUT2D eigenvalue weighted by molar-refractivity contribution is -0.114. The quantitative estimate of drug-likeness (QED) is 0.872. The minimum Gasteiger partial charge on any atom is -0.492 e. The van der Waals surface area contributed by atoms with Crippen LogP contribution in [0.25, 0.3) is 0 Å². The second-order valence-electron chi connectivity index (χ2n) is 6.25. The SMILES string of the molecule is CCOc1ccc(S(=O)(=O)N2c3ccccc3C[C@@H]2C)cc1NC(C)=O. The van der Waals surface area contributed by atoms with Gasteiger partial charge in [-0.3, -0.25) is 9.10 Å². The van der Waals surface area contributed by atoms with Crippen molar-refractivity contribution in [1.29, 1.82) is 0 Å². The first-order valence-electron chi connectivity index (χ1n) is 8.51. The van der Waals surface area contributed by atoms with Crippen molar-refractivity contribution in [3.63, 3.8) is 0 Å². The second-order valence-corrected chi connectivity index (χ2v) is 8.07. The molecule has 7 heteroatoms. The third kappa shape index (κ3) is 3.26. The summed E-state index contributed by atoms with van der Waals surface area (Å²) in [5.74, 6) is 0.150. The van der Waals surface area contributed by atoms with Crippen molar-refractivity contribution >= 4 is 27.3 Å². The van der Waals surface area contributed by atoms with Gasteiger partial charge in [0.2, 0.25) is 5.91 Å². The van der Waals surface area contributed by atoms with E-state index in [1.165, 1.54) is 23.4 Å². The van der Waals surface area contributed by atoms with Gasteiger partial charge >= 0.3 is 0 Å². The van der Waals surface area contributed by atoms with E-state index < -0.39 is 10.0 Å². The topological polar surface area (TPSA) is 75.7 Å². The molecule has 1 aliphatic heterocycles. The summed E-state index contributed by atoms with van der Waals surface area (Å²) in [6, 6.07) is 11.9. The summed E-state index contributed by atoms with van der Waals surface area (Å²) >= 11 is 0. The van der Waals surface area contributed by atoms with E-state index in [9.17, 15) is 13.2 Å². The Hall–Kier alpha value is -2.54. The molecule has 1 heterocycles. The third-order valence-corrected chi connectivity index (χ3v) is 6.19. The first-order chi connectivity index (χ1) is 12.3. The highest BCUT2D eigenvalue weighted by Crippen LogP contribution is 2.38. The highest BCUT2D eigenvalue weighted by molar-refractivity contribution is 7.92. The number of rotatable bonds is 5. The van der Waals surface area contributed by atoms with Gasteiger partial charge in [0, 0.05) is 13.0 Å². The summed E-state index contributed by atoms with van der Waals surface area (Å²) in [6.07, 6.45) is 0.672. The summed E-state index contributed by atoms with van der Waals surface area (Å²) in [4.78, 5) is 11.6. The second kappa shape index (κ2) is 6.99. The average molecular weight is 374 g/mol. The average Bonchev–Trinajstić information content (AvgIpc) is 2.92. The number of benzene rings is 2. The fourth-order valence-electron chi connectivity index (χ4n) is 3.26. The number of ether oxygens (including phenoxy) is 1. The van der Waals surface area contributed by atoms with Crippen LogP contribution in [0.1, 0.15) is 26.3 Å². The van der Waals surface area contributed by atoms with E-state index in [0.29, 0.717) is 30.2 Å². The fourth-order valence-corrected chi connectivity index (χ4v) is 4.97. The van der Waals surface area contributed by atoms with Crippen LogP contribution in [-0.4, -0.2) is 27.0 Å². The van der Waals surface area contributed by atoms with Crippen LogP contribution in [0.15, 0.2) is 47.4 Å². The van der Waals surface area contributed by atoms with Gasteiger partial charge in [-0.1, -0.05) is 18.2 Å². The standard InChI is InChI=1S/C19H22N2O4S/c1-4-25-19-10-9-16(12-17(19)20-14(3)22)26(23,24)21-13(2)11-15-7-5-6-8-18(15)21/h5-10,12-13H,4,11H2,1-3H3,(H,20,22)/t13-/m0/s1. The summed E-state index contributed by atoms with van der Waals surface area (Å²) in [5, 5.41) is 2.64. The molecule has 0 saturated carbocycles. The monoisotopic (exact) mass is 374 g/mol. The number of carbonyl (C=O) groups excluding carboxylic acids is 1. The molecule has 0 aliphatic carbocycles. The molecule has 0 unspecified atom stereocenters. The number of amides is 1. The van der Waals surface area contributed by atoms with Gasteiger partial charge in [0.1, 0.15) is 5.75 Å². The number of hydrogen-bond acceptors (Lipinski definition) is 4. The molecule has 26 heavy (non-hydrogen) atoms. The first kappa shape index (κ1) is 18.3. The van der Waals surface area contributed by atoms with Gasteiger partial charge in [0.05, 0.1) is 22.9 Å². The molecular weight excluding hydrogens is 352 g/mol. The number of anilines is 2. The Balaban J connectivity index is 2.06. The largest absolute Gasteiger partial charge is 0.492 e. The van der Waals surface area contributed by atoms with Gasteiger partial charge in [-0.05, 0) is 50.1 Å².